The highest BCUT2D eigenvalue weighted by atomic mass is 17.3. The van der Waals surface area contributed by atoms with Crippen molar-refractivity contribution in [2.75, 3.05) is 13.1 Å². The summed E-state index contributed by atoms with van der Waals surface area (Å²) < 4.78 is 13.2. The molecule has 1 saturated carbocycles. The Morgan fingerprint density at radius 1 is 0.970 bits per heavy atom. The molecule has 182 valence electrons. The van der Waals surface area contributed by atoms with Gasteiger partial charge in [0, 0.05) is 30.8 Å². The molecule has 6 nitrogen and oxygen atoms in total. The van der Waals surface area contributed by atoms with Crippen molar-refractivity contribution in [1.29, 1.82) is 0 Å². The van der Waals surface area contributed by atoms with E-state index in [1.807, 2.05) is 6.92 Å². The molecule has 8 atom stereocenters. The van der Waals surface area contributed by atoms with Gasteiger partial charge in [-0.1, -0.05) is 44.2 Å². The second kappa shape index (κ2) is 8.58. The molecule has 0 unspecified atom stereocenters. The zero-order valence-electron chi connectivity index (χ0n) is 20.4. The summed E-state index contributed by atoms with van der Waals surface area (Å²) in [5.41, 5.74) is 0.931. The molecule has 6 heteroatoms. The van der Waals surface area contributed by atoms with Crippen LogP contribution in [0.5, 0.6) is 0 Å². The number of fused-ring (bicyclic) bond motifs is 2. The predicted octanol–water partition coefficient (Wildman–Crippen LogP) is 4.45. The van der Waals surface area contributed by atoms with E-state index in [0.29, 0.717) is 29.7 Å². The first-order valence-electron chi connectivity index (χ1n) is 13.2. The summed E-state index contributed by atoms with van der Waals surface area (Å²) >= 11 is 0. The fourth-order valence-corrected chi connectivity index (χ4v) is 7.43. The fraction of sp³-hybridized carbons (Fsp3) is 0.778. The van der Waals surface area contributed by atoms with E-state index in [-0.39, 0.29) is 12.5 Å². The van der Waals surface area contributed by atoms with Crippen LogP contribution < -0.4 is 5.32 Å². The van der Waals surface area contributed by atoms with E-state index < -0.39 is 11.4 Å². The van der Waals surface area contributed by atoms with E-state index in [1.165, 1.54) is 12.0 Å². The quantitative estimate of drug-likeness (QED) is 0.676. The number of nitrogens with one attached hydrogen (secondary N) is 1. The van der Waals surface area contributed by atoms with Gasteiger partial charge >= 0.3 is 0 Å². The Kier molecular flexibility index (Phi) is 5.83. The van der Waals surface area contributed by atoms with Crippen LogP contribution >= 0.6 is 0 Å². The van der Waals surface area contributed by atoms with E-state index >= 15 is 0 Å². The van der Waals surface area contributed by atoms with Gasteiger partial charge in [-0.05, 0) is 69.5 Å². The molecule has 33 heavy (non-hydrogen) atoms. The Morgan fingerprint density at radius 2 is 1.76 bits per heavy atom. The largest absolute Gasteiger partial charge is 0.331 e. The molecule has 1 aromatic carbocycles. The molecule has 6 fully saturated rings. The van der Waals surface area contributed by atoms with Crippen molar-refractivity contribution < 1.29 is 19.2 Å². The number of nitrogens with zero attached hydrogens (tertiary/aromatic N) is 1. The van der Waals surface area contributed by atoms with E-state index in [9.17, 15) is 0 Å². The molecule has 5 saturated heterocycles. The third-order valence-corrected chi connectivity index (χ3v) is 9.39. The molecule has 0 aromatic heterocycles. The van der Waals surface area contributed by atoms with Crippen LogP contribution in [0.4, 0.5) is 0 Å². The first kappa shape index (κ1) is 22.4. The van der Waals surface area contributed by atoms with Crippen LogP contribution in [-0.4, -0.2) is 47.9 Å². The molecule has 0 amide bonds. The van der Waals surface area contributed by atoms with Gasteiger partial charge in [0.2, 0.25) is 5.79 Å². The normalized spacial score (nSPS) is 46.0. The fourth-order valence-electron chi connectivity index (χ4n) is 7.43. The van der Waals surface area contributed by atoms with Crippen molar-refractivity contribution in [1.82, 2.24) is 10.2 Å². The molecule has 0 radical (unpaired) electrons. The number of hydrogen-bond donors (Lipinski definition) is 1. The first-order chi connectivity index (χ1) is 16.0. The smallest absolute Gasteiger partial charge is 0.201 e. The molecular formula is C27H40N2O4. The summed E-state index contributed by atoms with van der Waals surface area (Å²) in [6.45, 7) is 10.00. The third-order valence-electron chi connectivity index (χ3n) is 9.39. The second-order valence-corrected chi connectivity index (χ2v) is 11.5. The molecule has 1 N–H and O–H groups in total. The van der Waals surface area contributed by atoms with E-state index in [1.54, 1.807) is 0 Å². The molecule has 1 spiro atoms. The maximum atomic E-state index is 6.73. The molecule has 5 aliphatic heterocycles. The van der Waals surface area contributed by atoms with Crippen LogP contribution in [0.25, 0.3) is 0 Å². The average molecular weight is 457 g/mol. The van der Waals surface area contributed by atoms with Gasteiger partial charge in [-0.15, -0.1) is 0 Å². The number of hydrogen-bond acceptors (Lipinski definition) is 6. The monoisotopic (exact) mass is 456 g/mol. The minimum Gasteiger partial charge on any atom is -0.331 e. The predicted molar refractivity (Wildman–Crippen MR) is 125 cm³/mol. The number of benzene rings is 1. The highest BCUT2D eigenvalue weighted by molar-refractivity contribution is 5.14. The summed E-state index contributed by atoms with van der Waals surface area (Å²) in [7, 11) is 0. The topological polar surface area (TPSA) is 52.2 Å². The number of ether oxygens (including phenoxy) is 2. The van der Waals surface area contributed by atoms with Crippen LogP contribution in [-0.2, 0) is 25.8 Å². The third kappa shape index (κ3) is 3.87. The van der Waals surface area contributed by atoms with Gasteiger partial charge in [0.15, 0.2) is 11.9 Å². The van der Waals surface area contributed by atoms with Crippen LogP contribution in [0.15, 0.2) is 30.3 Å². The Balaban J connectivity index is 1.13. The lowest BCUT2D eigenvalue weighted by molar-refractivity contribution is -0.571. The Morgan fingerprint density at radius 3 is 2.55 bits per heavy atom. The highest BCUT2D eigenvalue weighted by Gasteiger charge is 2.69. The van der Waals surface area contributed by atoms with Crippen molar-refractivity contribution in [2.24, 2.45) is 23.7 Å². The number of piperidine rings is 1. The summed E-state index contributed by atoms with van der Waals surface area (Å²) in [6, 6.07) is 11.3. The molecule has 7 rings (SSSR count). The lowest BCUT2D eigenvalue weighted by atomic mass is 9.58. The molecule has 2 bridgehead atoms. The molecular weight excluding hydrogens is 416 g/mol. The van der Waals surface area contributed by atoms with E-state index in [0.717, 1.165) is 51.7 Å². The van der Waals surface area contributed by atoms with Gasteiger partial charge in [-0.2, -0.15) is 0 Å². The molecule has 1 aromatic rings. The lowest BCUT2D eigenvalue weighted by Crippen LogP contribution is -2.72. The first-order valence-corrected chi connectivity index (χ1v) is 13.2. The molecule has 5 heterocycles. The van der Waals surface area contributed by atoms with Crippen molar-refractivity contribution in [3.8, 4) is 0 Å². The summed E-state index contributed by atoms with van der Waals surface area (Å²) in [5.74, 6) is 1.07. The van der Waals surface area contributed by atoms with E-state index in [2.05, 4.69) is 54.4 Å². The van der Waals surface area contributed by atoms with Gasteiger partial charge in [-0.25, -0.2) is 9.78 Å². The Labute approximate surface area is 198 Å². The maximum Gasteiger partial charge on any atom is 0.201 e. The number of rotatable bonds is 4. The SMILES string of the molecule is C[C@H]1[C@H](NC2CCN(Cc3ccccc3)CC2)O[C@@H]2O[C@]3(C)CC[C@H]4[C@H](C)CC[C@@H]1[C@@]24OO3. The van der Waals surface area contributed by atoms with Crippen LogP contribution in [0.3, 0.4) is 0 Å². The summed E-state index contributed by atoms with van der Waals surface area (Å²) in [6.07, 6.45) is 6.28. The highest BCUT2D eigenvalue weighted by Crippen LogP contribution is 2.60. The zero-order valence-corrected chi connectivity index (χ0v) is 20.4. The van der Waals surface area contributed by atoms with Gasteiger partial charge in [0.25, 0.3) is 0 Å². The molecule has 6 aliphatic rings. The minimum atomic E-state index is -0.703. The number of likely N-dealkylation sites (tertiary alicyclic amines) is 1. The van der Waals surface area contributed by atoms with Crippen molar-refractivity contribution in [3.63, 3.8) is 0 Å². The molecule has 1 aliphatic carbocycles. The Bertz CT molecular complexity index is 831. The summed E-state index contributed by atoms with van der Waals surface area (Å²) in [4.78, 5) is 14.8. The maximum absolute atomic E-state index is 6.73. The zero-order chi connectivity index (χ0) is 22.6. The second-order valence-electron chi connectivity index (χ2n) is 11.5. The van der Waals surface area contributed by atoms with Gasteiger partial charge < -0.3 is 9.47 Å². The van der Waals surface area contributed by atoms with Crippen LogP contribution in [0.1, 0.15) is 64.9 Å². The van der Waals surface area contributed by atoms with Crippen molar-refractivity contribution in [2.45, 2.75) is 95.8 Å². The van der Waals surface area contributed by atoms with Crippen molar-refractivity contribution >= 4 is 0 Å². The van der Waals surface area contributed by atoms with Gasteiger partial charge in [0.1, 0.15) is 6.23 Å². The van der Waals surface area contributed by atoms with Gasteiger partial charge in [-0.3, -0.25) is 10.2 Å². The van der Waals surface area contributed by atoms with Crippen LogP contribution in [0, 0.1) is 23.7 Å². The summed E-state index contributed by atoms with van der Waals surface area (Å²) in [5, 5.41) is 3.90. The standard InChI is InChI=1S/C27H40N2O4/c1-18-9-10-23-19(2)24(30-25-27(23)22(18)11-14-26(3,31-25)32-33-27)28-21-12-15-29(16-13-21)17-20-7-5-4-6-8-20/h4-8,18-19,21-25,28H,9-17H2,1-3H3/t18-,19-,22+,23+,24-,25-,26+,27-/m1/s1. The lowest BCUT2D eigenvalue weighted by Gasteiger charge is -2.60. The van der Waals surface area contributed by atoms with Crippen molar-refractivity contribution in [3.05, 3.63) is 35.9 Å². The minimum absolute atomic E-state index is 0.00287. The van der Waals surface area contributed by atoms with E-state index in [4.69, 9.17) is 19.2 Å². The van der Waals surface area contributed by atoms with Crippen LogP contribution in [0.2, 0.25) is 0 Å². The Hall–Kier alpha value is -1.02. The average Bonchev–Trinajstić information content (AvgIpc) is 3.05. The van der Waals surface area contributed by atoms with Gasteiger partial charge in [0.05, 0.1) is 0 Å².